The minimum atomic E-state index is -0.505. The smallest absolute Gasteiger partial charge is 0.303 e. The van der Waals surface area contributed by atoms with Gasteiger partial charge in [0.2, 0.25) is 5.95 Å². The first-order valence-electron chi connectivity index (χ1n) is 9.21. The molecule has 4 rings (SSSR count). The van der Waals surface area contributed by atoms with Crippen molar-refractivity contribution in [3.8, 4) is 0 Å². The third-order valence-corrected chi connectivity index (χ3v) is 4.65. The Bertz CT molecular complexity index is 1270. The number of rotatable bonds is 6. The number of nitrogens with zero attached hydrogens (tertiary/aromatic N) is 4. The van der Waals surface area contributed by atoms with E-state index in [9.17, 15) is 9.59 Å². The minimum Gasteiger partial charge on any atom is -0.303 e. The van der Waals surface area contributed by atoms with Crippen molar-refractivity contribution >= 4 is 23.3 Å². The first kappa shape index (κ1) is 18.4. The second-order valence-corrected chi connectivity index (χ2v) is 6.59. The van der Waals surface area contributed by atoms with Gasteiger partial charge in [0, 0.05) is 13.6 Å². The summed E-state index contributed by atoms with van der Waals surface area (Å²) in [6.07, 6.45) is 2.37. The molecule has 0 fully saturated rings. The van der Waals surface area contributed by atoms with E-state index in [2.05, 4.69) is 20.5 Å². The molecule has 2 heterocycles. The molecule has 0 spiro atoms. The number of hydrazone groups is 1. The van der Waals surface area contributed by atoms with Crippen molar-refractivity contribution in [3.63, 3.8) is 0 Å². The van der Waals surface area contributed by atoms with Crippen molar-refractivity contribution in [3.05, 3.63) is 92.6 Å². The summed E-state index contributed by atoms with van der Waals surface area (Å²) in [6, 6.07) is 19.6. The maximum absolute atomic E-state index is 12.5. The molecule has 2 aromatic carbocycles. The molecule has 0 amide bonds. The van der Waals surface area contributed by atoms with Crippen molar-refractivity contribution in [1.29, 1.82) is 0 Å². The molecule has 29 heavy (non-hydrogen) atoms. The standard InChI is InChI=1S/C21H20N6O2/c1-26-18-17(19(28)24-21(26)29)27(13-12-15-8-4-2-5-9-15)20(23-18)25-22-14-16-10-6-3-7-11-16/h2-11,14H,12-13H2,1H3,(H,23,25)(H,24,28,29). The number of benzene rings is 2. The van der Waals surface area contributed by atoms with Crippen LogP contribution in [0.4, 0.5) is 5.95 Å². The van der Waals surface area contributed by atoms with Crippen LogP contribution in [0, 0.1) is 0 Å². The van der Waals surface area contributed by atoms with Gasteiger partial charge >= 0.3 is 5.69 Å². The number of nitrogens with one attached hydrogen (secondary N) is 2. The molecule has 146 valence electrons. The second kappa shape index (κ2) is 7.97. The molecule has 2 N–H and O–H groups in total. The predicted octanol–water partition coefficient (Wildman–Crippen LogP) is 2.11. The van der Waals surface area contributed by atoms with Gasteiger partial charge in [0.05, 0.1) is 6.21 Å². The number of aryl methyl sites for hydroxylation is 3. The van der Waals surface area contributed by atoms with Crippen molar-refractivity contribution in [2.45, 2.75) is 13.0 Å². The fraction of sp³-hybridized carbons (Fsp3) is 0.143. The van der Waals surface area contributed by atoms with Crippen molar-refractivity contribution < 1.29 is 0 Å². The van der Waals surface area contributed by atoms with Crippen LogP contribution in [0.15, 0.2) is 75.4 Å². The molecule has 0 radical (unpaired) electrons. The SMILES string of the molecule is Cn1c(=O)[nH]c(=O)c2c1nc(NN=Cc1ccccc1)n2CCc1ccccc1. The lowest BCUT2D eigenvalue weighted by molar-refractivity contribution is 0.716. The van der Waals surface area contributed by atoms with Crippen LogP contribution < -0.4 is 16.7 Å². The Morgan fingerprint density at radius 1 is 1.07 bits per heavy atom. The molecule has 0 atom stereocenters. The van der Waals surface area contributed by atoms with Crippen LogP contribution in [-0.2, 0) is 20.0 Å². The summed E-state index contributed by atoms with van der Waals surface area (Å²) in [5, 5.41) is 4.25. The normalized spacial score (nSPS) is 11.3. The zero-order chi connectivity index (χ0) is 20.2. The van der Waals surface area contributed by atoms with E-state index in [0.29, 0.717) is 30.1 Å². The number of anilines is 1. The second-order valence-electron chi connectivity index (χ2n) is 6.59. The molecule has 0 saturated heterocycles. The summed E-state index contributed by atoms with van der Waals surface area (Å²) in [4.78, 5) is 31.3. The third kappa shape index (κ3) is 3.86. The Balaban J connectivity index is 1.72. The molecule has 0 bridgehead atoms. The molecule has 0 aliphatic heterocycles. The highest BCUT2D eigenvalue weighted by molar-refractivity contribution is 5.80. The highest BCUT2D eigenvalue weighted by Gasteiger charge is 2.17. The van der Waals surface area contributed by atoms with Crippen molar-refractivity contribution in [2.24, 2.45) is 12.1 Å². The molecule has 4 aromatic rings. The van der Waals surface area contributed by atoms with Crippen LogP contribution in [0.3, 0.4) is 0 Å². The Hall–Kier alpha value is -3.94. The lowest BCUT2D eigenvalue weighted by Gasteiger charge is -2.08. The summed E-state index contributed by atoms with van der Waals surface area (Å²) in [5.74, 6) is 0.398. The van der Waals surface area contributed by atoms with Crippen LogP contribution in [-0.4, -0.2) is 25.3 Å². The average Bonchev–Trinajstić information content (AvgIpc) is 3.11. The molecule has 2 aromatic heterocycles. The van der Waals surface area contributed by atoms with E-state index >= 15 is 0 Å². The van der Waals surface area contributed by atoms with Crippen LogP contribution in [0.1, 0.15) is 11.1 Å². The van der Waals surface area contributed by atoms with Gasteiger partial charge in [-0.1, -0.05) is 60.7 Å². The number of hydrogen-bond donors (Lipinski definition) is 2. The van der Waals surface area contributed by atoms with E-state index in [-0.39, 0.29) is 0 Å². The number of aromatic nitrogens is 4. The van der Waals surface area contributed by atoms with E-state index in [1.54, 1.807) is 17.8 Å². The zero-order valence-electron chi connectivity index (χ0n) is 15.9. The lowest BCUT2D eigenvalue weighted by Crippen LogP contribution is -2.29. The Labute approximate surface area is 166 Å². The summed E-state index contributed by atoms with van der Waals surface area (Å²) in [5.41, 5.74) is 4.65. The molecular weight excluding hydrogens is 368 g/mol. The molecule has 8 heteroatoms. The van der Waals surface area contributed by atoms with Crippen LogP contribution in [0.25, 0.3) is 11.2 Å². The van der Waals surface area contributed by atoms with E-state index in [0.717, 1.165) is 11.1 Å². The molecule has 8 nitrogen and oxygen atoms in total. The van der Waals surface area contributed by atoms with Gasteiger partial charge in [-0.2, -0.15) is 10.1 Å². The maximum Gasteiger partial charge on any atom is 0.329 e. The molecule has 0 saturated carbocycles. The third-order valence-electron chi connectivity index (χ3n) is 4.65. The number of aromatic amines is 1. The maximum atomic E-state index is 12.5. The monoisotopic (exact) mass is 388 g/mol. The number of H-pyrrole nitrogens is 1. The zero-order valence-corrected chi connectivity index (χ0v) is 15.9. The van der Waals surface area contributed by atoms with Gasteiger partial charge in [0.25, 0.3) is 5.56 Å². The largest absolute Gasteiger partial charge is 0.329 e. The fourth-order valence-electron chi connectivity index (χ4n) is 3.13. The fourth-order valence-corrected chi connectivity index (χ4v) is 3.13. The van der Waals surface area contributed by atoms with Gasteiger partial charge < -0.3 is 4.57 Å². The minimum absolute atomic E-state index is 0.309. The van der Waals surface area contributed by atoms with Crippen molar-refractivity contribution in [2.75, 3.05) is 5.43 Å². The highest BCUT2D eigenvalue weighted by atomic mass is 16.2. The molecule has 0 aliphatic rings. The Kier molecular flexibility index (Phi) is 5.07. The van der Waals surface area contributed by atoms with Crippen LogP contribution in [0.5, 0.6) is 0 Å². The highest BCUT2D eigenvalue weighted by Crippen LogP contribution is 2.16. The quantitative estimate of drug-likeness (QED) is 0.390. The summed E-state index contributed by atoms with van der Waals surface area (Å²) in [6.45, 7) is 0.505. The number of hydrogen-bond acceptors (Lipinski definition) is 5. The lowest BCUT2D eigenvalue weighted by atomic mass is 10.1. The van der Waals surface area contributed by atoms with Gasteiger partial charge in [-0.3, -0.25) is 14.3 Å². The van der Waals surface area contributed by atoms with Gasteiger partial charge in [0.15, 0.2) is 11.2 Å². The molecule has 0 aliphatic carbocycles. The van der Waals surface area contributed by atoms with Gasteiger partial charge in [-0.25, -0.2) is 10.2 Å². The van der Waals surface area contributed by atoms with E-state index in [1.165, 1.54) is 4.57 Å². The van der Waals surface area contributed by atoms with Crippen LogP contribution >= 0.6 is 0 Å². The Morgan fingerprint density at radius 3 is 2.48 bits per heavy atom. The average molecular weight is 388 g/mol. The van der Waals surface area contributed by atoms with Gasteiger partial charge in [-0.15, -0.1) is 0 Å². The summed E-state index contributed by atoms with van der Waals surface area (Å²) >= 11 is 0. The number of fused-ring (bicyclic) bond motifs is 1. The number of imidazole rings is 1. The first-order chi connectivity index (χ1) is 14.1. The van der Waals surface area contributed by atoms with Crippen LogP contribution in [0.2, 0.25) is 0 Å². The summed E-state index contributed by atoms with van der Waals surface area (Å²) < 4.78 is 3.07. The van der Waals surface area contributed by atoms with Crippen molar-refractivity contribution in [1.82, 2.24) is 19.1 Å². The first-order valence-corrected chi connectivity index (χ1v) is 9.21. The Morgan fingerprint density at radius 2 is 1.76 bits per heavy atom. The van der Waals surface area contributed by atoms with E-state index in [1.807, 2.05) is 60.7 Å². The van der Waals surface area contributed by atoms with E-state index in [4.69, 9.17) is 0 Å². The van der Waals surface area contributed by atoms with Gasteiger partial charge in [0.1, 0.15) is 0 Å². The molecular formula is C21H20N6O2. The van der Waals surface area contributed by atoms with E-state index < -0.39 is 11.2 Å². The molecule has 0 unspecified atom stereocenters. The van der Waals surface area contributed by atoms with Gasteiger partial charge in [-0.05, 0) is 17.5 Å². The summed E-state index contributed by atoms with van der Waals surface area (Å²) in [7, 11) is 1.58. The predicted molar refractivity (Wildman–Crippen MR) is 113 cm³/mol. The topological polar surface area (TPSA) is 97.1 Å².